The number of carbonyl (C=O) groups excluding carboxylic acids is 1. The predicted octanol–water partition coefficient (Wildman–Crippen LogP) is 2.40. The first kappa shape index (κ1) is 16.0. The van der Waals surface area contributed by atoms with Crippen molar-refractivity contribution in [3.63, 3.8) is 0 Å². The van der Waals surface area contributed by atoms with Gasteiger partial charge in [0.1, 0.15) is 5.82 Å². The zero-order valence-corrected chi connectivity index (χ0v) is 12.8. The lowest BCUT2D eigenvalue weighted by atomic mass is 10.2. The van der Waals surface area contributed by atoms with E-state index in [1.165, 1.54) is 5.56 Å². The SMILES string of the molecule is CN(Cc1ccccc1)c1ccc(NC(=O)CCCN)nc1. The smallest absolute Gasteiger partial charge is 0.225 e. The molecular weight excluding hydrogens is 276 g/mol. The molecule has 22 heavy (non-hydrogen) atoms. The van der Waals surface area contributed by atoms with Crippen LogP contribution in [0, 0.1) is 0 Å². The molecule has 0 atom stereocenters. The molecule has 5 nitrogen and oxygen atoms in total. The summed E-state index contributed by atoms with van der Waals surface area (Å²) in [6.45, 7) is 1.33. The maximum atomic E-state index is 11.6. The molecule has 0 aliphatic carbocycles. The second-order valence-corrected chi connectivity index (χ2v) is 5.18. The molecule has 5 heteroatoms. The van der Waals surface area contributed by atoms with Gasteiger partial charge in [-0.2, -0.15) is 0 Å². The number of nitrogens with two attached hydrogens (primary N) is 1. The number of anilines is 2. The molecule has 2 rings (SSSR count). The third kappa shape index (κ3) is 4.86. The Balaban J connectivity index is 1.92. The highest BCUT2D eigenvalue weighted by molar-refractivity contribution is 5.89. The van der Waals surface area contributed by atoms with Crippen LogP contribution in [0.2, 0.25) is 0 Å². The first-order chi connectivity index (χ1) is 10.7. The fourth-order valence-electron chi connectivity index (χ4n) is 2.10. The van der Waals surface area contributed by atoms with Crippen LogP contribution in [0.5, 0.6) is 0 Å². The number of pyridine rings is 1. The van der Waals surface area contributed by atoms with Gasteiger partial charge in [0.2, 0.25) is 5.91 Å². The minimum atomic E-state index is -0.0525. The second-order valence-electron chi connectivity index (χ2n) is 5.18. The van der Waals surface area contributed by atoms with Crippen molar-refractivity contribution in [3.8, 4) is 0 Å². The number of hydrogen-bond donors (Lipinski definition) is 2. The van der Waals surface area contributed by atoms with Crippen molar-refractivity contribution in [2.24, 2.45) is 5.73 Å². The molecule has 116 valence electrons. The van der Waals surface area contributed by atoms with Crippen molar-refractivity contribution < 1.29 is 4.79 Å². The first-order valence-corrected chi connectivity index (χ1v) is 7.40. The topological polar surface area (TPSA) is 71.2 Å². The standard InChI is InChI=1S/C17H22N4O/c1-21(13-14-6-3-2-4-7-14)15-9-10-16(19-12-15)20-17(22)8-5-11-18/h2-4,6-7,9-10,12H,5,8,11,13,18H2,1H3,(H,19,20,22). The van der Waals surface area contributed by atoms with E-state index in [2.05, 4.69) is 27.3 Å². The van der Waals surface area contributed by atoms with Crippen LogP contribution in [-0.2, 0) is 11.3 Å². The van der Waals surface area contributed by atoms with Crippen molar-refractivity contribution in [2.45, 2.75) is 19.4 Å². The molecule has 0 radical (unpaired) electrons. The van der Waals surface area contributed by atoms with Crippen LogP contribution in [0.1, 0.15) is 18.4 Å². The number of benzene rings is 1. The van der Waals surface area contributed by atoms with Gasteiger partial charge in [-0.05, 0) is 30.7 Å². The molecule has 1 heterocycles. The van der Waals surface area contributed by atoms with Gasteiger partial charge < -0.3 is 16.0 Å². The maximum absolute atomic E-state index is 11.6. The molecule has 0 aliphatic heterocycles. The molecule has 0 aliphatic rings. The Labute approximate surface area is 131 Å². The van der Waals surface area contributed by atoms with Crippen LogP contribution in [0.3, 0.4) is 0 Å². The number of amides is 1. The molecule has 0 bridgehead atoms. The summed E-state index contributed by atoms with van der Waals surface area (Å²) in [4.78, 5) is 18.0. The van der Waals surface area contributed by atoms with Crippen LogP contribution in [0.4, 0.5) is 11.5 Å². The van der Waals surface area contributed by atoms with Gasteiger partial charge in [0, 0.05) is 20.0 Å². The Morgan fingerprint density at radius 1 is 1.23 bits per heavy atom. The van der Waals surface area contributed by atoms with Crippen LogP contribution < -0.4 is 16.0 Å². The second kappa shape index (κ2) is 8.14. The molecule has 1 aromatic heterocycles. The Kier molecular flexibility index (Phi) is 5.91. The van der Waals surface area contributed by atoms with Gasteiger partial charge >= 0.3 is 0 Å². The average Bonchev–Trinajstić information content (AvgIpc) is 2.54. The first-order valence-electron chi connectivity index (χ1n) is 7.40. The van der Waals surface area contributed by atoms with Crippen molar-refractivity contribution >= 4 is 17.4 Å². The van der Waals surface area contributed by atoms with E-state index in [0.29, 0.717) is 25.2 Å². The minimum absolute atomic E-state index is 0.0525. The Morgan fingerprint density at radius 2 is 2.00 bits per heavy atom. The molecular formula is C17H22N4O. The predicted molar refractivity (Wildman–Crippen MR) is 89.7 cm³/mol. The van der Waals surface area contributed by atoms with Gasteiger partial charge in [-0.3, -0.25) is 4.79 Å². The van der Waals surface area contributed by atoms with Gasteiger partial charge in [0.05, 0.1) is 11.9 Å². The summed E-state index contributed by atoms with van der Waals surface area (Å²) < 4.78 is 0. The van der Waals surface area contributed by atoms with E-state index in [4.69, 9.17) is 5.73 Å². The van der Waals surface area contributed by atoms with E-state index in [1.54, 1.807) is 6.20 Å². The quantitative estimate of drug-likeness (QED) is 0.823. The van der Waals surface area contributed by atoms with Gasteiger partial charge in [-0.1, -0.05) is 30.3 Å². The van der Waals surface area contributed by atoms with Crippen molar-refractivity contribution in [3.05, 3.63) is 54.2 Å². The van der Waals surface area contributed by atoms with Crippen molar-refractivity contribution in [1.29, 1.82) is 0 Å². The zero-order valence-electron chi connectivity index (χ0n) is 12.8. The Bertz CT molecular complexity index is 583. The summed E-state index contributed by atoms with van der Waals surface area (Å²) in [6, 6.07) is 14.0. The van der Waals surface area contributed by atoms with Crippen LogP contribution >= 0.6 is 0 Å². The van der Waals surface area contributed by atoms with E-state index in [1.807, 2.05) is 37.4 Å². The van der Waals surface area contributed by atoms with Gasteiger partial charge in [0.25, 0.3) is 0 Å². The molecule has 0 saturated carbocycles. The summed E-state index contributed by atoms with van der Waals surface area (Å²) in [5.74, 6) is 0.516. The fraction of sp³-hybridized carbons (Fsp3) is 0.294. The lowest BCUT2D eigenvalue weighted by molar-refractivity contribution is -0.116. The number of hydrogen-bond acceptors (Lipinski definition) is 4. The maximum Gasteiger partial charge on any atom is 0.225 e. The van der Waals surface area contributed by atoms with Gasteiger partial charge in [-0.25, -0.2) is 4.98 Å². The lowest BCUT2D eigenvalue weighted by Gasteiger charge is -2.19. The number of carbonyl (C=O) groups is 1. The molecule has 0 unspecified atom stereocenters. The van der Waals surface area contributed by atoms with E-state index in [9.17, 15) is 4.79 Å². The largest absolute Gasteiger partial charge is 0.369 e. The average molecular weight is 298 g/mol. The fourth-order valence-corrected chi connectivity index (χ4v) is 2.10. The summed E-state index contributed by atoms with van der Waals surface area (Å²) >= 11 is 0. The third-order valence-corrected chi connectivity index (χ3v) is 3.33. The molecule has 1 amide bonds. The summed E-state index contributed by atoms with van der Waals surface area (Å²) in [6.07, 6.45) is 2.87. The van der Waals surface area contributed by atoms with Crippen LogP contribution in [-0.4, -0.2) is 24.5 Å². The molecule has 2 aromatic rings. The molecule has 1 aromatic carbocycles. The molecule has 3 N–H and O–H groups in total. The number of rotatable bonds is 7. The highest BCUT2D eigenvalue weighted by Gasteiger charge is 2.05. The summed E-state index contributed by atoms with van der Waals surface area (Å²) in [7, 11) is 2.02. The van der Waals surface area contributed by atoms with E-state index >= 15 is 0 Å². The van der Waals surface area contributed by atoms with E-state index in [0.717, 1.165) is 12.2 Å². The highest BCUT2D eigenvalue weighted by atomic mass is 16.1. The van der Waals surface area contributed by atoms with Crippen LogP contribution in [0.15, 0.2) is 48.7 Å². The minimum Gasteiger partial charge on any atom is -0.369 e. The summed E-state index contributed by atoms with van der Waals surface area (Å²) in [5.41, 5.74) is 7.63. The zero-order chi connectivity index (χ0) is 15.8. The van der Waals surface area contributed by atoms with E-state index in [-0.39, 0.29) is 5.91 Å². The van der Waals surface area contributed by atoms with Crippen LogP contribution in [0.25, 0.3) is 0 Å². The summed E-state index contributed by atoms with van der Waals surface area (Å²) in [5, 5.41) is 2.77. The lowest BCUT2D eigenvalue weighted by Crippen LogP contribution is -2.17. The van der Waals surface area contributed by atoms with E-state index < -0.39 is 0 Å². The normalized spacial score (nSPS) is 10.3. The van der Waals surface area contributed by atoms with Crippen molar-refractivity contribution in [2.75, 3.05) is 23.8 Å². The van der Waals surface area contributed by atoms with Gasteiger partial charge in [0.15, 0.2) is 0 Å². The number of nitrogens with zero attached hydrogens (tertiary/aromatic N) is 2. The van der Waals surface area contributed by atoms with Gasteiger partial charge in [-0.15, -0.1) is 0 Å². The number of aromatic nitrogens is 1. The Morgan fingerprint density at radius 3 is 2.64 bits per heavy atom. The molecule has 0 fully saturated rings. The number of nitrogens with one attached hydrogen (secondary N) is 1. The monoisotopic (exact) mass is 298 g/mol. The third-order valence-electron chi connectivity index (χ3n) is 3.33. The highest BCUT2D eigenvalue weighted by Crippen LogP contribution is 2.16. The molecule has 0 saturated heterocycles. The molecule has 0 spiro atoms. The Hall–Kier alpha value is -2.40. The van der Waals surface area contributed by atoms with Crippen molar-refractivity contribution in [1.82, 2.24) is 4.98 Å².